The molecule has 0 radical (unpaired) electrons. The molecule has 0 fully saturated rings. The van der Waals surface area contributed by atoms with E-state index in [9.17, 15) is 19.1 Å². The van der Waals surface area contributed by atoms with Gasteiger partial charge in [0.05, 0.1) is 12.3 Å². The number of benzene rings is 2. The molecule has 0 aliphatic carbocycles. The summed E-state index contributed by atoms with van der Waals surface area (Å²) in [7, 11) is 2.63. The Morgan fingerprint density at radius 1 is 1.06 bits per heavy atom. The van der Waals surface area contributed by atoms with Crippen LogP contribution in [0.1, 0.15) is 30.0 Å². The first-order chi connectivity index (χ1) is 15.3. The fourth-order valence-corrected chi connectivity index (χ4v) is 3.26. The molecule has 0 unspecified atom stereocenters. The van der Waals surface area contributed by atoms with Crippen LogP contribution < -0.4 is 16.0 Å². The van der Waals surface area contributed by atoms with Crippen molar-refractivity contribution >= 4 is 5.71 Å². The van der Waals surface area contributed by atoms with Gasteiger partial charge in [0.1, 0.15) is 17.1 Å². The number of halogens is 1. The molecule has 3 aromatic rings. The van der Waals surface area contributed by atoms with Crippen molar-refractivity contribution in [3.63, 3.8) is 0 Å². The van der Waals surface area contributed by atoms with Gasteiger partial charge in [-0.15, -0.1) is 0 Å². The molecular weight excluding hydrogens is 413 g/mol. The molecule has 1 N–H and O–H groups in total. The van der Waals surface area contributed by atoms with Gasteiger partial charge >= 0.3 is 5.69 Å². The Morgan fingerprint density at radius 3 is 2.41 bits per heavy atom. The molecule has 0 spiro atoms. The Bertz CT molecular complexity index is 1240. The minimum absolute atomic E-state index is 0.0101. The van der Waals surface area contributed by atoms with Crippen molar-refractivity contribution < 1.29 is 14.2 Å². The third-order valence-electron chi connectivity index (χ3n) is 5.17. The highest BCUT2D eigenvalue weighted by molar-refractivity contribution is 6.14. The van der Waals surface area contributed by atoms with Crippen LogP contribution in [0.25, 0.3) is 0 Å². The van der Waals surface area contributed by atoms with Crippen LogP contribution in [0.2, 0.25) is 0 Å². The topological polar surface area (TPSA) is 85.8 Å². The summed E-state index contributed by atoms with van der Waals surface area (Å²) in [6.07, 6.45) is 1.45. The van der Waals surface area contributed by atoms with Crippen LogP contribution >= 0.6 is 0 Å². The lowest BCUT2D eigenvalue weighted by Crippen LogP contribution is -2.40. The molecule has 7 nitrogen and oxygen atoms in total. The average Bonchev–Trinajstić information content (AvgIpc) is 2.81. The van der Waals surface area contributed by atoms with Gasteiger partial charge in [-0.25, -0.2) is 9.18 Å². The summed E-state index contributed by atoms with van der Waals surface area (Å²) >= 11 is 0. The number of ether oxygens (including phenoxy) is 1. The molecule has 0 atom stereocenters. The zero-order chi connectivity index (χ0) is 23.3. The Balaban J connectivity index is 1.88. The standard InChI is InChI=1S/C24H26FN3O4/c1-4-16-10-12-17(13-11-16)32-15-7-14-26-21(18-8-5-6-9-19(18)25)20-22(29)27(2)24(31)28(3)23(20)30/h5-6,8-13,29H,4,7,14-15H2,1-3H3. The highest BCUT2D eigenvalue weighted by Gasteiger charge is 2.23. The van der Waals surface area contributed by atoms with Gasteiger partial charge < -0.3 is 9.84 Å². The Kier molecular flexibility index (Phi) is 7.25. The Hall–Kier alpha value is -3.68. The molecule has 0 saturated heterocycles. The SMILES string of the molecule is CCc1ccc(OCCCN=C(c2ccccc2F)c2c(O)n(C)c(=O)n(C)c2=O)cc1. The predicted octanol–water partition coefficient (Wildman–Crippen LogP) is 2.80. The first kappa shape index (κ1) is 23.0. The molecule has 2 aromatic carbocycles. The van der Waals surface area contributed by atoms with Crippen molar-refractivity contribution in [1.82, 2.24) is 9.13 Å². The first-order valence-electron chi connectivity index (χ1n) is 10.4. The second kappa shape index (κ2) is 10.1. The van der Waals surface area contributed by atoms with Crippen LogP contribution in [-0.4, -0.2) is 33.1 Å². The van der Waals surface area contributed by atoms with E-state index in [0.29, 0.717) is 13.0 Å². The van der Waals surface area contributed by atoms with E-state index in [1.54, 1.807) is 6.07 Å². The molecule has 168 valence electrons. The summed E-state index contributed by atoms with van der Waals surface area (Å²) in [5, 5.41) is 10.5. The monoisotopic (exact) mass is 439 g/mol. The lowest BCUT2D eigenvalue weighted by Gasteiger charge is -2.13. The fourth-order valence-electron chi connectivity index (χ4n) is 3.26. The second-order valence-corrected chi connectivity index (χ2v) is 7.31. The molecule has 1 heterocycles. The zero-order valence-corrected chi connectivity index (χ0v) is 18.3. The number of nitrogens with zero attached hydrogens (tertiary/aromatic N) is 3. The lowest BCUT2D eigenvalue weighted by molar-refractivity contribution is 0.313. The number of rotatable bonds is 8. The number of aryl methyl sites for hydroxylation is 1. The van der Waals surface area contributed by atoms with Crippen molar-refractivity contribution in [3.05, 3.63) is 91.9 Å². The number of aliphatic imine (C=N–C) groups is 1. The van der Waals surface area contributed by atoms with Crippen molar-refractivity contribution in [3.8, 4) is 11.6 Å². The normalized spacial score (nSPS) is 11.6. The second-order valence-electron chi connectivity index (χ2n) is 7.31. The minimum Gasteiger partial charge on any atom is -0.494 e. The molecule has 8 heteroatoms. The molecule has 0 amide bonds. The van der Waals surface area contributed by atoms with E-state index in [4.69, 9.17) is 4.74 Å². The Morgan fingerprint density at radius 2 is 1.75 bits per heavy atom. The third kappa shape index (κ3) is 4.80. The predicted molar refractivity (Wildman–Crippen MR) is 121 cm³/mol. The summed E-state index contributed by atoms with van der Waals surface area (Å²) in [4.78, 5) is 29.3. The van der Waals surface area contributed by atoms with Crippen molar-refractivity contribution in [2.24, 2.45) is 19.1 Å². The van der Waals surface area contributed by atoms with Crippen molar-refractivity contribution in [1.29, 1.82) is 0 Å². The molecule has 1 aromatic heterocycles. The van der Waals surface area contributed by atoms with Crippen molar-refractivity contribution in [2.75, 3.05) is 13.2 Å². The summed E-state index contributed by atoms with van der Waals surface area (Å²) in [5.41, 5.74) is -0.392. The molecule has 32 heavy (non-hydrogen) atoms. The highest BCUT2D eigenvalue weighted by atomic mass is 19.1. The van der Waals surface area contributed by atoms with Gasteiger partial charge in [0.15, 0.2) is 0 Å². The number of hydrogen-bond donors (Lipinski definition) is 1. The van der Waals surface area contributed by atoms with Gasteiger partial charge in [-0.05, 0) is 36.2 Å². The largest absolute Gasteiger partial charge is 0.494 e. The van der Waals surface area contributed by atoms with E-state index in [2.05, 4.69) is 11.9 Å². The maximum Gasteiger partial charge on any atom is 0.333 e. The van der Waals surface area contributed by atoms with Gasteiger partial charge in [-0.2, -0.15) is 0 Å². The number of aromatic nitrogens is 2. The third-order valence-corrected chi connectivity index (χ3v) is 5.17. The molecule has 0 bridgehead atoms. The maximum atomic E-state index is 14.6. The molecule has 3 rings (SSSR count). The van der Waals surface area contributed by atoms with Gasteiger partial charge in [-0.1, -0.05) is 31.2 Å². The number of aromatic hydroxyl groups is 1. The van der Waals surface area contributed by atoms with E-state index in [1.165, 1.54) is 37.9 Å². The molecule has 0 aliphatic heterocycles. The molecular formula is C24H26FN3O4. The first-order valence-corrected chi connectivity index (χ1v) is 10.4. The van der Waals surface area contributed by atoms with Crippen LogP contribution in [0.5, 0.6) is 11.6 Å². The summed E-state index contributed by atoms with van der Waals surface area (Å²) in [6.45, 7) is 2.68. The summed E-state index contributed by atoms with van der Waals surface area (Å²) in [5.74, 6) is -0.411. The maximum absolute atomic E-state index is 14.6. The van der Waals surface area contributed by atoms with Crippen LogP contribution in [0.15, 0.2) is 63.1 Å². The van der Waals surface area contributed by atoms with Crippen molar-refractivity contribution in [2.45, 2.75) is 19.8 Å². The number of hydrogen-bond acceptors (Lipinski definition) is 5. The minimum atomic E-state index is -0.750. The highest BCUT2D eigenvalue weighted by Crippen LogP contribution is 2.19. The summed E-state index contributed by atoms with van der Waals surface area (Å²) < 4.78 is 22.1. The van der Waals surface area contributed by atoms with Crippen LogP contribution in [-0.2, 0) is 20.5 Å². The quantitative estimate of drug-likeness (QED) is 0.432. The van der Waals surface area contributed by atoms with E-state index in [0.717, 1.165) is 21.3 Å². The molecule has 0 aliphatic rings. The average molecular weight is 439 g/mol. The van der Waals surface area contributed by atoms with Crippen LogP contribution in [0.4, 0.5) is 4.39 Å². The van der Waals surface area contributed by atoms with Gasteiger partial charge in [0, 0.05) is 32.6 Å². The van der Waals surface area contributed by atoms with E-state index >= 15 is 0 Å². The van der Waals surface area contributed by atoms with Gasteiger partial charge in [-0.3, -0.25) is 18.9 Å². The summed E-state index contributed by atoms with van der Waals surface area (Å²) in [6, 6.07) is 13.7. The van der Waals surface area contributed by atoms with Crippen LogP contribution in [0, 0.1) is 5.82 Å². The van der Waals surface area contributed by atoms with Gasteiger partial charge in [0.2, 0.25) is 5.88 Å². The Labute approximate surface area is 185 Å². The zero-order valence-electron chi connectivity index (χ0n) is 18.3. The van der Waals surface area contributed by atoms with Gasteiger partial charge in [0.25, 0.3) is 5.56 Å². The van der Waals surface area contributed by atoms with E-state index in [1.807, 2.05) is 24.3 Å². The smallest absolute Gasteiger partial charge is 0.333 e. The fraction of sp³-hybridized carbons (Fsp3) is 0.292. The molecule has 0 saturated carbocycles. The van der Waals surface area contributed by atoms with Crippen LogP contribution in [0.3, 0.4) is 0 Å². The van der Waals surface area contributed by atoms with E-state index in [-0.39, 0.29) is 23.4 Å². The van der Waals surface area contributed by atoms with E-state index < -0.39 is 22.9 Å². The lowest BCUT2D eigenvalue weighted by atomic mass is 10.0.